The van der Waals surface area contributed by atoms with Crippen molar-refractivity contribution in [2.75, 3.05) is 0 Å². The van der Waals surface area contributed by atoms with E-state index in [-0.39, 0.29) is 6.54 Å². The second-order valence-corrected chi connectivity index (χ2v) is 3.51. The van der Waals surface area contributed by atoms with E-state index in [1.807, 2.05) is 0 Å². The van der Waals surface area contributed by atoms with Gasteiger partial charge in [-0.3, -0.25) is 9.89 Å². The van der Waals surface area contributed by atoms with Crippen LogP contribution in [0.15, 0.2) is 24.5 Å². The van der Waals surface area contributed by atoms with Crippen molar-refractivity contribution in [3.63, 3.8) is 0 Å². The van der Waals surface area contributed by atoms with Gasteiger partial charge in [-0.25, -0.2) is 13.2 Å². The highest BCUT2D eigenvalue weighted by Gasteiger charge is 2.18. The summed E-state index contributed by atoms with van der Waals surface area (Å²) in [6.07, 6.45) is 3.02. The lowest BCUT2D eigenvalue weighted by atomic mass is 10.2. The molecule has 1 heterocycles. The van der Waals surface area contributed by atoms with E-state index in [9.17, 15) is 18.0 Å². The minimum absolute atomic E-state index is 0.105. The molecule has 0 atom stereocenters. The van der Waals surface area contributed by atoms with Gasteiger partial charge in [-0.05, 0) is 12.1 Å². The summed E-state index contributed by atoms with van der Waals surface area (Å²) < 4.78 is 38.9. The number of nitrogens with zero attached hydrogens (tertiary/aromatic N) is 1. The van der Waals surface area contributed by atoms with Crippen molar-refractivity contribution >= 4 is 5.91 Å². The Labute approximate surface area is 99.8 Å². The second kappa shape index (κ2) is 4.91. The molecule has 2 aromatic rings. The summed E-state index contributed by atoms with van der Waals surface area (Å²) in [6, 6.07) is 1.59. The zero-order chi connectivity index (χ0) is 13.1. The third-order valence-electron chi connectivity index (χ3n) is 2.29. The molecular formula is C11H8F3N3O. The Morgan fingerprint density at radius 2 is 2.06 bits per heavy atom. The molecule has 0 bridgehead atoms. The Balaban J connectivity index is 2.12. The third kappa shape index (κ3) is 2.34. The number of aromatic amines is 1. The molecule has 4 nitrogen and oxygen atoms in total. The van der Waals surface area contributed by atoms with E-state index in [0.29, 0.717) is 11.6 Å². The summed E-state index contributed by atoms with van der Waals surface area (Å²) in [5.41, 5.74) is 0.128. The van der Waals surface area contributed by atoms with Crippen LogP contribution in [0.1, 0.15) is 15.9 Å². The first-order chi connectivity index (χ1) is 8.59. The van der Waals surface area contributed by atoms with E-state index in [1.165, 1.54) is 6.20 Å². The van der Waals surface area contributed by atoms with Crippen LogP contribution in [0.4, 0.5) is 13.2 Å². The van der Waals surface area contributed by atoms with Crippen LogP contribution in [0, 0.1) is 17.5 Å². The largest absolute Gasteiger partial charge is 0.348 e. The van der Waals surface area contributed by atoms with Crippen LogP contribution in [0.5, 0.6) is 0 Å². The first-order valence-corrected chi connectivity index (χ1v) is 4.99. The van der Waals surface area contributed by atoms with Crippen molar-refractivity contribution in [3.8, 4) is 0 Å². The number of rotatable bonds is 3. The molecule has 2 N–H and O–H groups in total. The smallest absolute Gasteiger partial charge is 0.254 e. The van der Waals surface area contributed by atoms with E-state index >= 15 is 0 Å². The highest BCUT2D eigenvalue weighted by Crippen LogP contribution is 2.15. The lowest BCUT2D eigenvalue weighted by Gasteiger charge is -2.05. The van der Waals surface area contributed by atoms with Gasteiger partial charge in [-0.2, -0.15) is 5.10 Å². The SMILES string of the molecule is O=C(NCc1cn[nH]c1)c1ccc(F)c(F)c1F. The first-order valence-electron chi connectivity index (χ1n) is 4.99. The molecule has 0 saturated heterocycles. The standard InChI is InChI=1S/C11H8F3N3O/c12-8-2-1-7(9(13)10(8)14)11(18)15-3-6-4-16-17-5-6/h1-2,4-5H,3H2,(H,15,18)(H,16,17). The molecule has 1 aromatic carbocycles. The molecule has 0 aliphatic rings. The lowest BCUT2D eigenvalue weighted by molar-refractivity contribution is 0.0945. The Morgan fingerprint density at radius 3 is 2.72 bits per heavy atom. The average Bonchev–Trinajstić information content (AvgIpc) is 2.86. The topological polar surface area (TPSA) is 57.8 Å². The number of H-pyrrole nitrogens is 1. The zero-order valence-electron chi connectivity index (χ0n) is 9.01. The van der Waals surface area contributed by atoms with Gasteiger partial charge in [-0.1, -0.05) is 0 Å². The number of carbonyl (C=O) groups excluding carboxylic acids is 1. The number of hydrogen-bond donors (Lipinski definition) is 2. The molecule has 1 amide bonds. The average molecular weight is 255 g/mol. The minimum atomic E-state index is -1.66. The predicted octanol–water partition coefficient (Wildman–Crippen LogP) is 1.76. The van der Waals surface area contributed by atoms with Gasteiger partial charge < -0.3 is 5.32 Å². The zero-order valence-corrected chi connectivity index (χ0v) is 9.01. The lowest BCUT2D eigenvalue weighted by Crippen LogP contribution is -2.24. The van der Waals surface area contributed by atoms with Gasteiger partial charge in [0.15, 0.2) is 17.5 Å². The molecule has 0 spiro atoms. The van der Waals surface area contributed by atoms with Gasteiger partial charge in [0.2, 0.25) is 0 Å². The number of amides is 1. The van der Waals surface area contributed by atoms with Gasteiger partial charge in [0.1, 0.15) is 0 Å². The molecular weight excluding hydrogens is 247 g/mol. The van der Waals surface area contributed by atoms with Crippen molar-refractivity contribution in [2.45, 2.75) is 6.54 Å². The Kier molecular flexibility index (Phi) is 3.31. The fourth-order valence-electron chi connectivity index (χ4n) is 1.35. The van der Waals surface area contributed by atoms with Crippen molar-refractivity contribution in [1.29, 1.82) is 0 Å². The molecule has 1 aromatic heterocycles. The minimum Gasteiger partial charge on any atom is -0.348 e. The van der Waals surface area contributed by atoms with Gasteiger partial charge in [0, 0.05) is 18.3 Å². The molecule has 18 heavy (non-hydrogen) atoms. The van der Waals surface area contributed by atoms with Crippen molar-refractivity contribution < 1.29 is 18.0 Å². The Morgan fingerprint density at radius 1 is 1.28 bits per heavy atom. The van der Waals surface area contributed by atoms with E-state index in [1.54, 1.807) is 6.20 Å². The third-order valence-corrected chi connectivity index (χ3v) is 2.29. The van der Waals surface area contributed by atoms with Crippen LogP contribution in [0.25, 0.3) is 0 Å². The fourth-order valence-corrected chi connectivity index (χ4v) is 1.35. The van der Waals surface area contributed by atoms with Gasteiger partial charge >= 0.3 is 0 Å². The van der Waals surface area contributed by atoms with Crippen LogP contribution in [-0.2, 0) is 6.54 Å². The van der Waals surface area contributed by atoms with Crippen LogP contribution < -0.4 is 5.32 Å². The summed E-state index contributed by atoms with van der Waals surface area (Å²) >= 11 is 0. The second-order valence-electron chi connectivity index (χ2n) is 3.51. The number of halogens is 3. The molecule has 0 aliphatic carbocycles. The van der Waals surface area contributed by atoms with E-state index < -0.39 is 28.9 Å². The summed E-state index contributed by atoms with van der Waals surface area (Å²) in [7, 11) is 0. The van der Waals surface area contributed by atoms with E-state index in [2.05, 4.69) is 15.5 Å². The number of hydrogen-bond acceptors (Lipinski definition) is 2. The number of nitrogens with one attached hydrogen (secondary N) is 2. The van der Waals surface area contributed by atoms with E-state index in [0.717, 1.165) is 6.07 Å². The Hall–Kier alpha value is -2.31. The van der Waals surface area contributed by atoms with Crippen LogP contribution in [0.3, 0.4) is 0 Å². The number of benzene rings is 1. The van der Waals surface area contributed by atoms with Gasteiger partial charge in [-0.15, -0.1) is 0 Å². The summed E-state index contributed by atoms with van der Waals surface area (Å²) in [5, 5.41) is 8.55. The molecule has 94 valence electrons. The molecule has 2 rings (SSSR count). The number of aromatic nitrogens is 2. The summed E-state index contributed by atoms with van der Waals surface area (Å²) in [5.74, 6) is -5.32. The molecule has 0 unspecified atom stereocenters. The Bertz CT molecular complexity index is 569. The summed E-state index contributed by atoms with van der Waals surface area (Å²) in [4.78, 5) is 11.6. The monoisotopic (exact) mass is 255 g/mol. The molecule has 0 radical (unpaired) electrons. The van der Waals surface area contributed by atoms with Gasteiger partial charge in [0.05, 0.1) is 11.8 Å². The van der Waals surface area contributed by atoms with Crippen molar-refractivity contribution in [3.05, 3.63) is 53.1 Å². The van der Waals surface area contributed by atoms with E-state index in [4.69, 9.17) is 0 Å². The predicted molar refractivity (Wildman–Crippen MR) is 56.1 cm³/mol. The maximum Gasteiger partial charge on any atom is 0.254 e. The summed E-state index contributed by atoms with van der Waals surface area (Å²) in [6.45, 7) is 0.105. The number of carbonyl (C=O) groups is 1. The highest BCUT2D eigenvalue weighted by molar-refractivity contribution is 5.94. The molecule has 0 fully saturated rings. The van der Waals surface area contributed by atoms with Crippen LogP contribution in [-0.4, -0.2) is 16.1 Å². The van der Waals surface area contributed by atoms with Crippen molar-refractivity contribution in [1.82, 2.24) is 15.5 Å². The molecule has 7 heteroatoms. The first kappa shape index (κ1) is 12.2. The maximum absolute atomic E-state index is 13.3. The fraction of sp³-hybridized carbons (Fsp3) is 0.0909. The van der Waals surface area contributed by atoms with Gasteiger partial charge in [0.25, 0.3) is 5.91 Å². The van der Waals surface area contributed by atoms with Crippen molar-refractivity contribution in [2.24, 2.45) is 0 Å². The quantitative estimate of drug-likeness (QED) is 0.821. The normalized spacial score (nSPS) is 10.4. The van der Waals surface area contributed by atoms with Crippen LogP contribution >= 0.6 is 0 Å². The highest BCUT2D eigenvalue weighted by atomic mass is 19.2. The van der Waals surface area contributed by atoms with Crippen LogP contribution in [0.2, 0.25) is 0 Å². The molecule has 0 saturated carbocycles. The molecule has 0 aliphatic heterocycles. The maximum atomic E-state index is 13.3.